The molecule has 2 bridgehead atoms. The van der Waals surface area contributed by atoms with Crippen LogP contribution in [0.1, 0.15) is 52.7 Å². The van der Waals surface area contributed by atoms with Gasteiger partial charge in [0, 0.05) is 17.0 Å². The van der Waals surface area contributed by atoms with Gasteiger partial charge < -0.3 is 5.11 Å². The van der Waals surface area contributed by atoms with Crippen molar-refractivity contribution in [3.05, 3.63) is 40.8 Å². The van der Waals surface area contributed by atoms with Gasteiger partial charge in [0.05, 0.1) is 11.1 Å². The fourth-order valence-corrected chi connectivity index (χ4v) is 3.72. The molecule has 4 heteroatoms. The number of fused-ring (bicyclic) bond motifs is 6. The molecule has 1 N–H and O–H groups in total. The molecule has 1 aromatic carbocycles. The molecule has 3 nitrogen and oxygen atoms in total. The normalized spacial score (nSPS) is 23.8. The van der Waals surface area contributed by atoms with E-state index in [1.807, 2.05) is 0 Å². The van der Waals surface area contributed by atoms with Gasteiger partial charge in [0.15, 0.2) is 0 Å². The number of hydrogen-bond donors (Lipinski definition) is 1. The highest BCUT2D eigenvalue weighted by Gasteiger charge is 2.41. The van der Waals surface area contributed by atoms with Gasteiger partial charge in [-0.2, -0.15) is 0 Å². The van der Waals surface area contributed by atoms with Crippen molar-refractivity contribution in [2.24, 2.45) is 0 Å². The monoisotopic (exact) mass is 257 g/mol. The quantitative estimate of drug-likeness (QED) is 0.851. The highest BCUT2D eigenvalue weighted by atomic mass is 19.1. The summed E-state index contributed by atoms with van der Waals surface area (Å²) in [6, 6.07) is 4.20. The standard InChI is InChI=1S/C15H12FNO2/c16-9-3-4-11-10(6-9)13(15(18)19)12-7-1-2-8(5-7)14(12)17-11/h3-4,6-8H,1-2,5H2,(H,18,19). The van der Waals surface area contributed by atoms with Gasteiger partial charge in [-0.05, 0) is 48.9 Å². The Morgan fingerprint density at radius 2 is 2.11 bits per heavy atom. The fourth-order valence-electron chi connectivity index (χ4n) is 3.72. The van der Waals surface area contributed by atoms with E-state index in [1.54, 1.807) is 6.07 Å². The smallest absolute Gasteiger partial charge is 0.336 e. The van der Waals surface area contributed by atoms with Crippen molar-refractivity contribution in [1.29, 1.82) is 0 Å². The zero-order chi connectivity index (χ0) is 13.1. The van der Waals surface area contributed by atoms with Crippen LogP contribution in [0.4, 0.5) is 4.39 Å². The van der Waals surface area contributed by atoms with Gasteiger partial charge in [-0.15, -0.1) is 0 Å². The van der Waals surface area contributed by atoms with Crippen LogP contribution >= 0.6 is 0 Å². The van der Waals surface area contributed by atoms with Crippen molar-refractivity contribution in [3.8, 4) is 0 Å². The molecular formula is C15H12FNO2. The molecule has 1 heterocycles. The molecule has 19 heavy (non-hydrogen) atoms. The second-order valence-corrected chi connectivity index (χ2v) is 5.46. The third kappa shape index (κ3) is 1.37. The number of aromatic carboxylic acids is 1. The average Bonchev–Trinajstić information content (AvgIpc) is 2.97. The Morgan fingerprint density at radius 1 is 1.32 bits per heavy atom. The Morgan fingerprint density at radius 3 is 2.89 bits per heavy atom. The van der Waals surface area contributed by atoms with Crippen molar-refractivity contribution >= 4 is 16.9 Å². The van der Waals surface area contributed by atoms with Gasteiger partial charge in [0.2, 0.25) is 0 Å². The molecule has 2 aromatic rings. The first-order valence-corrected chi connectivity index (χ1v) is 6.51. The van der Waals surface area contributed by atoms with Crippen molar-refractivity contribution in [2.75, 3.05) is 0 Å². The number of carbonyl (C=O) groups is 1. The molecular weight excluding hydrogens is 245 g/mol. The molecule has 2 aliphatic carbocycles. The number of rotatable bonds is 1. The van der Waals surface area contributed by atoms with Crippen molar-refractivity contribution in [1.82, 2.24) is 4.98 Å². The number of pyridine rings is 1. The van der Waals surface area contributed by atoms with Crippen molar-refractivity contribution in [3.63, 3.8) is 0 Å². The molecule has 96 valence electrons. The lowest BCUT2D eigenvalue weighted by molar-refractivity contribution is 0.0697. The van der Waals surface area contributed by atoms with Gasteiger partial charge >= 0.3 is 5.97 Å². The summed E-state index contributed by atoms with van der Waals surface area (Å²) in [5.41, 5.74) is 2.66. The fraction of sp³-hybridized carbons (Fsp3) is 0.333. The zero-order valence-corrected chi connectivity index (χ0v) is 10.2. The largest absolute Gasteiger partial charge is 0.478 e. The summed E-state index contributed by atoms with van der Waals surface area (Å²) in [5, 5.41) is 9.95. The van der Waals surface area contributed by atoms with Crippen LogP contribution in [0.15, 0.2) is 18.2 Å². The van der Waals surface area contributed by atoms with E-state index >= 15 is 0 Å². The number of aromatic nitrogens is 1. The minimum Gasteiger partial charge on any atom is -0.478 e. The Hall–Kier alpha value is -1.97. The van der Waals surface area contributed by atoms with Crippen molar-refractivity contribution < 1.29 is 14.3 Å². The van der Waals surface area contributed by atoms with E-state index in [1.165, 1.54) is 12.1 Å². The lowest BCUT2D eigenvalue weighted by Gasteiger charge is -2.18. The molecule has 1 saturated carbocycles. The number of hydrogen-bond acceptors (Lipinski definition) is 2. The van der Waals surface area contributed by atoms with Crippen LogP contribution < -0.4 is 0 Å². The van der Waals surface area contributed by atoms with E-state index in [2.05, 4.69) is 4.98 Å². The maximum atomic E-state index is 13.4. The van der Waals surface area contributed by atoms with Crippen LogP contribution in [0.3, 0.4) is 0 Å². The van der Waals surface area contributed by atoms with Crippen molar-refractivity contribution in [2.45, 2.75) is 31.1 Å². The van der Waals surface area contributed by atoms with Gasteiger partial charge in [-0.3, -0.25) is 4.98 Å². The Labute approximate surface area is 109 Å². The summed E-state index contributed by atoms with van der Waals surface area (Å²) in [5.74, 6) is -0.694. The number of benzene rings is 1. The summed E-state index contributed by atoms with van der Waals surface area (Å²) in [7, 11) is 0. The molecule has 0 aliphatic heterocycles. The number of halogens is 1. The predicted octanol–water partition coefficient (Wildman–Crippen LogP) is 3.44. The minimum absolute atomic E-state index is 0.270. The molecule has 2 atom stereocenters. The molecule has 4 rings (SSSR count). The van der Waals surface area contributed by atoms with Crippen LogP contribution in [-0.2, 0) is 0 Å². The molecule has 2 unspecified atom stereocenters. The Bertz CT molecular complexity index is 726. The van der Waals surface area contributed by atoms with E-state index in [0.717, 1.165) is 30.5 Å². The summed E-state index contributed by atoms with van der Waals surface area (Å²) in [4.78, 5) is 16.2. The third-order valence-corrected chi connectivity index (χ3v) is 4.46. The van der Waals surface area contributed by atoms with Crippen LogP contribution in [0.25, 0.3) is 10.9 Å². The van der Waals surface area contributed by atoms with Gasteiger partial charge in [-0.1, -0.05) is 0 Å². The van der Waals surface area contributed by atoms with Crippen LogP contribution in [-0.4, -0.2) is 16.1 Å². The average molecular weight is 257 g/mol. The Kier molecular flexibility index (Phi) is 2.03. The molecule has 0 saturated heterocycles. The topological polar surface area (TPSA) is 50.2 Å². The molecule has 2 aliphatic rings. The lowest BCUT2D eigenvalue weighted by Crippen LogP contribution is -2.11. The van der Waals surface area contributed by atoms with E-state index in [4.69, 9.17) is 0 Å². The maximum absolute atomic E-state index is 13.4. The second kappa shape index (κ2) is 3.53. The minimum atomic E-state index is -0.971. The molecule has 1 aromatic heterocycles. The molecule has 0 amide bonds. The van der Waals surface area contributed by atoms with Gasteiger partial charge in [-0.25, -0.2) is 9.18 Å². The SMILES string of the molecule is O=C(O)c1c2c(nc3ccc(F)cc13)C1CCC2C1. The van der Waals surface area contributed by atoms with Gasteiger partial charge in [0.25, 0.3) is 0 Å². The summed E-state index contributed by atoms with van der Waals surface area (Å²) in [6.07, 6.45) is 3.12. The van der Waals surface area contributed by atoms with E-state index in [0.29, 0.717) is 22.7 Å². The summed E-state index contributed by atoms with van der Waals surface area (Å²) in [6.45, 7) is 0. The van der Waals surface area contributed by atoms with Crippen LogP contribution in [0.5, 0.6) is 0 Å². The second-order valence-electron chi connectivity index (χ2n) is 5.46. The highest BCUT2D eigenvalue weighted by molar-refractivity contribution is 6.04. The first-order chi connectivity index (χ1) is 9.15. The third-order valence-electron chi connectivity index (χ3n) is 4.46. The van der Waals surface area contributed by atoms with Crippen LogP contribution in [0, 0.1) is 5.82 Å². The van der Waals surface area contributed by atoms with Crippen LogP contribution in [0.2, 0.25) is 0 Å². The molecule has 0 spiro atoms. The van der Waals surface area contributed by atoms with Gasteiger partial charge in [0.1, 0.15) is 5.82 Å². The van der Waals surface area contributed by atoms with E-state index in [-0.39, 0.29) is 5.56 Å². The van der Waals surface area contributed by atoms with E-state index < -0.39 is 11.8 Å². The number of nitrogens with zero attached hydrogens (tertiary/aromatic N) is 1. The Balaban J connectivity index is 2.14. The highest BCUT2D eigenvalue weighted by Crippen LogP contribution is 2.54. The number of carboxylic acids is 1. The lowest BCUT2D eigenvalue weighted by atomic mass is 9.89. The zero-order valence-electron chi connectivity index (χ0n) is 10.2. The maximum Gasteiger partial charge on any atom is 0.336 e. The predicted molar refractivity (Wildman–Crippen MR) is 68.0 cm³/mol. The summed E-state index contributed by atoms with van der Waals surface area (Å²) < 4.78 is 13.4. The molecule has 0 radical (unpaired) electrons. The van der Waals surface area contributed by atoms with E-state index in [9.17, 15) is 14.3 Å². The molecule has 1 fully saturated rings. The first-order valence-electron chi connectivity index (χ1n) is 6.51. The number of carboxylic acid groups (broad SMARTS) is 1. The summed E-state index contributed by atoms with van der Waals surface area (Å²) >= 11 is 0. The first kappa shape index (κ1) is 10.9.